The Hall–Kier alpha value is -1.09. The Morgan fingerprint density at radius 1 is 0.862 bits per heavy atom. The molecule has 2 aromatic rings. The van der Waals surface area contributed by atoms with Gasteiger partial charge in [-0.25, -0.2) is 0 Å². The van der Waals surface area contributed by atoms with E-state index in [-0.39, 0.29) is 5.41 Å². The van der Waals surface area contributed by atoms with Crippen molar-refractivity contribution in [3.63, 3.8) is 0 Å². The average molecular weight is 458 g/mol. The summed E-state index contributed by atoms with van der Waals surface area (Å²) in [6.45, 7) is 11.9. The van der Waals surface area contributed by atoms with Crippen LogP contribution < -0.4 is 9.47 Å². The van der Waals surface area contributed by atoms with Crippen molar-refractivity contribution in [1.82, 2.24) is 0 Å². The number of rotatable bonds is 10. The topological polar surface area (TPSA) is 18.5 Å². The van der Waals surface area contributed by atoms with Crippen molar-refractivity contribution in [3.8, 4) is 11.5 Å². The molecule has 2 nitrogen and oxygen atoms in total. The molecule has 0 heterocycles. The summed E-state index contributed by atoms with van der Waals surface area (Å²) in [6.07, 6.45) is 1.05. The summed E-state index contributed by atoms with van der Waals surface area (Å²) in [5.74, 6) is 2.75. The fraction of sp³-hybridized carbons (Fsp3) is 0.500. The molecule has 0 aliphatic rings. The molecule has 0 aromatic heterocycles. The van der Waals surface area contributed by atoms with E-state index in [0.29, 0.717) is 46.7 Å². The molecule has 0 spiro atoms. The highest BCUT2D eigenvalue weighted by molar-refractivity contribution is 6.37. The summed E-state index contributed by atoms with van der Waals surface area (Å²) in [5.41, 5.74) is 1.91. The van der Waals surface area contributed by atoms with Crippen LogP contribution in [0.25, 0.3) is 0 Å². The average Bonchev–Trinajstić information content (AvgIpc) is 2.71. The smallest absolute Gasteiger partial charge is 0.156 e. The first-order valence-corrected chi connectivity index (χ1v) is 11.4. The van der Waals surface area contributed by atoms with Crippen LogP contribution in [0.3, 0.4) is 0 Å². The number of hydrogen-bond donors (Lipinski definition) is 0. The molecule has 0 amide bonds. The second-order valence-corrected chi connectivity index (χ2v) is 9.44. The first kappa shape index (κ1) is 24.2. The number of hydrogen-bond acceptors (Lipinski definition) is 2. The highest BCUT2D eigenvalue weighted by Crippen LogP contribution is 2.40. The predicted octanol–water partition coefficient (Wildman–Crippen LogP) is 8.00. The third-order valence-electron chi connectivity index (χ3n) is 5.30. The quantitative estimate of drug-likeness (QED) is 0.336. The van der Waals surface area contributed by atoms with Crippen LogP contribution in [0.1, 0.15) is 52.2 Å². The summed E-state index contributed by atoms with van der Waals surface area (Å²) in [4.78, 5) is 0. The van der Waals surface area contributed by atoms with E-state index in [4.69, 9.17) is 44.3 Å². The maximum absolute atomic E-state index is 6.52. The number of benzene rings is 2. The molecule has 0 N–H and O–H groups in total. The Bertz CT molecular complexity index is 764. The summed E-state index contributed by atoms with van der Waals surface area (Å²) in [5, 5.41) is 1.08. The second-order valence-electron chi connectivity index (χ2n) is 8.31. The van der Waals surface area contributed by atoms with E-state index in [1.807, 2.05) is 24.3 Å². The van der Waals surface area contributed by atoms with Crippen molar-refractivity contribution in [1.29, 1.82) is 0 Å². The lowest BCUT2D eigenvalue weighted by molar-refractivity contribution is 0.257. The van der Waals surface area contributed by atoms with Gasteiger partial charge in [-0.3, -0.25) is 0 Å². The fourth-order valence-corrected chi connectivity index (χ4v) is 3.50. The van der Waals surface area contributed by atoms with E-state index >= 15 is 0 Å². The Morgan fingerprint density at radius 2 is 1.41 bits per heavy atom. The largest absolute Gasteiger partial charge is 0.493 e. The number of halogens is 3. The van der Waals surface area contributed by atoms with Gasteiger partial charge in [-0.15, -0.1) is 11.6 Å². The zero-order valence-corrected chi connectivity index (χ0v) is 20.2. The van der Waals surface area contributed by atoms with Gasteiger partial charge in [0.15, 0.2) is 5.75 Å². The lowest BCUT2D eigenvalue weighted by Crippen LogP contribution is -2.19. The predicted molar refractivity (Wildman–Crippen MR) is 125 cm³/mol. The Kier molecular flexibility index (Phi) is 9.00. The van der Waals surface area contributed by atoms with Gasteiger partial charge in [-0.1, -0.05) is 76.4 Å². The third-order valence-corrected chi connectivity index (χ3v) is 6.39. The minimum Gasteiger partial charge on any atom is -0.493 e. The molecular formula is C24H31Cl3O2. The van der Waals surface area contributed by atoms with Crippen LogP contribution >= 0.6 is 34.8 Å². The molecule has 0 radical (unpaired) electrons. The van der Waals surface area contributed by atoms with E-state index in [9.17, 15) is 0 Å². The van der Waals surface area contributed by atoms with Gasteiger partial charge in [-0.05, 0) is 41.3 Å². The van der Waals surface area contributed by atoms with E-state index < -0.39 is 0 Å². The SMILES string of the molecule is CCC(C)COc1c(Cl)cc(C(C)(C)c2ccc(OCC(C)CCl)cc2)cc1Cl. The third kappa shape index (κ3) is 6.44. The van der Waals surface area contributed by atoms with Gasteiger partial charge < -0.3 is 9.47 Å². The van der Waals surface area contributed by atoms with Gasteiger partial charge >= 0.3 is 0 Å². The molecular weight excluding hydrogens is 427 g/mol. The highest BCUT2D eigenvalue weighted by atomic mass is 35.5. The summed E-state index contributed by atoms with van der Waals surface area (Å²) in [7, 11) is 0. The van der Waals surface area contributed by atoms with Crippen molar-refractivity contribution in [2.75, 3.05) is 19.1 Å². The molecule has 29 heavy (non-hydrogen) atoms. The van der Waals surface area contributed by atoms with E-state index in [2.05, 4.69) is 46.8 Å². The zero-order valence-electron chi connectivity index (χ0n) is 17.9. The Balaban J connectivity index is 2.19. The van der Waals surface area contributed by atoms with Crippen LogP contribution in [0.2, 0.25) is 10.0 Å². The van der Waals surface area contributed by atoms with E-state index in [0.717, 1.165) is 23.3 Å². The van der Waals surface area contributed by atoms with Crippen LogP contribution in [0.5, 0.6) is 11.5 Å². The van der Waals surface area contributed by atoms with Crippen molar-refractivity contribution in [2.45, 2.75) is 46.5 Å². The molecule has 0 bridgehead atoms. The normalized spacial score (nSPS) is 13.8. The van der Waals surface area contributed by atoms with Gasteiger partial charge in [0.25, 0.3) is 0 Å². The van der Waals surface area contributed by atoms with Gasteiger partial charge in [-0.2, -0.15) is 0 Å². The maximum atomic E-state index is 6.52. The summed E-state index contributed by atoms with van der Waals surface area (Å²) < 4.78 is 11.7. The van der Waals surface area contributed by atoms with Crippen LogP contribution in [0, 0.1) is 11.8 Å². The first-order valence-electron chi connectivity index (χ1n) is 10.1. The molecule has 2 atom stereocenters. The standard InChI is InChI=1S/C24H31Cl3O2/c1-6-16(2)14-29-23-21(26)11-19(12-22(23)27)24(4,5)18-7-9-20(10-8-18)28-15-17(3)13-25/h7-12,16-17H,6,13-15H2,1-5H3. The molecule has 0 aliphatic heterocycles. The fourth-order valence-electron chi connectivity index (χ4n) is 2.82. The summed E-state index contributed by atoms with van der Waals surface area (Å²) >= 11 is 18.9. The Morgan fingerprint density at radius 3 is 1.93 bits per heavy atom. The minimum absolute atomic E-state index is 0.273. The molecule has 160 valence electrons. The van der Waals surface area contributed by atoms with Crippen molar-refractivity contribution in [2.24, 2.45) is 11.8 Å². The van der Waals surface area contributed by atoms with Crippen LogP contribution in [-0.2, 0) is 5.41 Å². The molecule has 0 saturated heterocycles. The van der Waals surface area contributed by atoms with Gasteiger partial charge in [0, 0.05) is 17.2 Å². The van der Waals surface area contributed by atoms with Crippen molar-refractivity contribution >= 4 is 34.8 Å². The second kappa shape index (κ2) is 10.8. The van der Waals surface area contributed by atoms with Gasteiger partial charge in [0.2, 0.25) is 0 Å². The molecule has 0 aliphatic carbocycles. The van der Waals surface area contributed by atoms with Crippen LogP contribution in [0.4, 0.5) is 0 Å². The molecule has 0 saturated carbocycles. The van der Waals surface area contributed by atoms with Crippen LogP contribution in [-0.4, -0.2) is 19.1 Å². The molecule has 5 heteroatoms. The monoisotopic (exact) mass is 456 g/mol. The zero-order chi connectivity index (χ0) is 21.6. The maximum Gasteiger partial charge on any atom is 0.156 e. The number of ether oxygens (including phenoxy) is 2. The Labute approximate surface area is 190 Å². The van der Waals surface area contributed by atoms with Crippen molar-refractivity contribution < 1.29 is 9.47 Å². The van der Waals surface area contributed by atoms with E-state index in [1.54, 1.807) is 0 Å². The van der Waals surface area contributed by atoms with Crippen molar-refractivity contribution in [3.05, 3.63) is 57.6 Å². The van der Waals surface area contributed by atoms with Gasteiger partial charge in [0.1, 0.15) is 5.75 Å². The highest BCUT2D eigenvalue weighted by Gasteiger charge is 2.26. The lowest BCUT2D eigenvalue weighted by atomic mass is 9.78. The summed E-state index contributed by atoms with van der Waals surface area (Å²) in [6, 6.07) is 12.0. The number of alkyl halides is 1. The minimum atomic E-state index is -0.273. The lowest BCUT2D eigenvalue weighted by Gasteiger charge is -2.27. The van der Waals surface area contributed by atoms with E-state index in [1.165, 1.54) is 0 Å². The molecule has 2 aromatic carbocycles. The van der Waals surface area contributed by atoms with Gasteiger partial charge in [0.05, 0.1) is 23.3 Å². The molecule has 2 rings (SSSR count). The van der Waals surface area contributed by atoms with Crippen LogP contribution in [0.15, 0.2) is 36.4 Å². The molecule has 2 unspecified atom stereocenters. The molecule has 0 fully saturated rings. The first-order chi connectivity index (χ1) is 13.7.